The molecule has 4 atom stereocenters. The number of pyridine rings is 1. The number of likely N-dealkylation sites (tertiary alicyclic amines) is 1. The molecule has 0 N–H and O–H groups in total. The van der Waals surface area contributed by atoms with Crippen LogP contribution in [0.5, 0.6) is 0 Å². The van der Waals surface area contributed by atoms with Crippen LogP contribution in [0, 0.1) is 13.8 Å². The molecule has 3 aliphatic rings. The summed E-state index contributed by atoms with van der Waals surface area (Å²) in [6.07, 6.45) is 6.60. The monoisotopic (exact) mass is 382 g/mol. The van der Waals surface area contributed by atoms with Gasteiger partial charge < -0.3 is 4.74 Å². The van der Waals surface area contributed by atoms with Gasteiger partial charge in [0.2, 0.25) is 0 Å². The van der Waals surface area contributed by atoms with E-state index >= 15 is 0 Å². The lowest BCUT2D eigenvalue weighted by molar-refractivity contribution is 0.234. The third-order valence-corrected chi connectivity index (χ3v) is 7.21. The van der Waals surface area contributed by atoms with Gasteiger partial charge in [0, 0.05) is 47.4 Å². The Labute approximate surface area is 165 Å². The molecule has 0 amide bonds. The minimum absolute atomic E-state index is 0.0152. The summed E-state index contributed by atoms with van der Waals surface area (Å²) in [4.78, 5) is 16.2. The number of aryl methyl sites for hydroxylation is 2. The van der Waals surface area contributed by atoms with Crippen LogP contribution in [0.1, 0.15) is 37.2 Å². The Morgan fingerprint density at radius 1 is 1.30 bits per heavy atom. The molecule has 3 aliphatic heterocycles. The summed E-state index contributed by atoms with van der Waals surface area (Å²) in [7, 11) is 1.20. The Morgan fingerprint density at radius 2 is 2.04 bits per heavy atom. The van der Waals surface area contributed by atoms with Gasteiger partial charge in [-0.1, -0.05) is 0 Å². The first-order valence-electron chi connectivity index (χ1n) is 9.95. The van der Waals surface area contributed by atoms with Crippen LogP contribution >= 0.6 is 0 Å². The molecule has 3 unspecified atom stereocenters. The van der Waals surface area contributed by atoms with Crippen molar-refractivity contribution in [2.75, 3.05) is 13.1 Å². The highest BCUT2D eigenvalue weighted by Crippen LogP contribution is 2.39. The minimum atomic E-state index is -0.0737. The van der Waals surface area contributed by atoms with Crippen LogP contribution in [0.2, 0.25) is 5.04 Å². The van der Waals surface area contributed by atoms with Gasteiger partial charge >= 0.3 is 0 Å². The van der Waals surface area contributed by atoms with E-state index in [0.717, 1.165) is 30.4 Å². The van der Waals surface area contributed by atoms with Crippen molar-refractivity contribution in [2.45, 2.75) is 63.9 Å². The van der Waals surface area contributed by atoms with E-state index in [0.29, 0.717) is 11.1 Å². The summed E-state index contributed by atoms with van der Waals surface area (Å²) >= 11 is 0. The maximum Gasteiger partial charge on any atom is 0.183 e. The van der Waals surface area contributed by atoms with Gasteiger partial charge in [-0.2, -0.15) is 0 Å². The first kappa shape index (κ1) is 18.6. The normalized spacial score (nSPS) is 31.4. The Balaban J connectivity index is 1.43. The predicted octanol–water partition coefficient (Wildman–Crippen LogP) is 2.01. The van der Waals surface area contributed by atoms with E-state index < -0.39 is 0 Å². The lowest BCUT2D eigenvalue weighted by Gasteiger charge is -2.30. The standard InChI is InChI=1S/C21H30N4OSi/c1-13-7-17(8-14(2)23-13)10-21(27)5-6-25(12-21)15(3)18-9-19-20(22-11-18)24-16(4)26-19/h7-9,11,15,19-20H,5-6,10,12H2,1-4,27H3/t15?,19?,20?,21-/m0/s1. The van der Waals surface area contributed by atoms with Crippen LogP contribution in [-0.4, -0.2) is 63.6 Å². The van der Waals surface area contributed by atoms with Gasteiger partial charge in [-0.05, 0) is 74.5 Å². The van der Waals surface area contributed by atoms with Gasteiger partial charge in [0.25, 0.3) is 0 Å². The maximum absolute atomic E-state index is 5.79. The predicted molar refractivity (Wildman–Crippen MR) is 114 cm³/mol. The van der Waals surface area contributed by atoms with Crippen LogP contribution in [-0.2, 0) is 11.2 Å². The van der Waals surface area contributed by atoms with Crippen molar-refractivity contribution < 1.29 is 4.74 Å². The average molecular weight is 383 g/mol. The SMILES string of the molecule is CC1=NC2N=CC(C(C)N3CC[C@]([SiH3])(Cc4cc(C)nc(C)c4)C3)=CC2O1. The van der Waals surface area contributed by atoms with Crippen LogP contribution in [0.3, 0.4) is 0 Å². The molecule has 0 aliphatic carbocycles. The number of rotatable bonds is 4. The van der Waals surface area contributed by atoms with Gasteiger partial charge in [-0.3, -0.25) is 14.9 Å². The molecule has 6 heteroatoms. The molecule has 27 heavy (non-hydrogen) atoms. The molecule has 4 heterocycles. The van der Waals surface area contributed by atoms with Gasteiger partial charge in [0.15, 0.2) is 18.2 Å². The Morgan fingerprint density at radius 3 is 2.78 bits per heavy atom. The summed E-state index contributed by atoms with van der Waals surface area (Å²) in [5.41, 5.74) is 4.97. The maximum atomic E-state index is 5.79. The van der Waals surface area contributed by atoms with E-state index in [1.807, 2.05) is 13.1 Å². The fraction of sp³-hybridized carbons (Fsp3) is 0.571. The van der Waals surface area contributed by atoms with E-state index in [2.05, 4.69) is 58.8 Å². The molecule has 1 aromatic heterocycles. The number of aromatic nitrogens is 1. The molecule has 0 spiro atoms. The lowest BCUT2D eigenvalue weighted by atomic mass is 9.96. The highest BCUT2D eigenvalue weighted by molar-refractivity contribution is 6.15. The molecule has 0 saturated carbocycles. The van der Waals surface area contributed by atoms with Crippen LogP contribution in [0.4, 0.5) is 0 Å². The molecule has 1 aromatic rings. The summed E-state index contributed by atoms with van der Waals surface area (Å²) in [5.74, 6) is 0.745. The molecule has 4 rings (SSSR count). The van der Waals surface area contributed by atoms with Crippen molar-refractivity contribution in [3.05, 3.63) is 40.7 Å². The first-order chi connectivity index (χ1) is 12.8. The van der Waals surface area contributed by atoms with Crippen molar-refractivity contribution >= 4 is 22.4 Å². The second kappa shape index (κ2) is 6.98. The Bertz CT molecular complexity index is 813. The van der Waals surface area contributed by atoms with Gasteiger partial charge in [0.1, 0.15) is 0 Å². The van der Waals surface area contributed by atoms with Gasteiger partial charge in [-0.25, -0.2) is 4.99 Å². The Hall–Kier alpha value is -1.79. The molecule has 1 fully saturated rings. The molecular formula is C21H30N4OSi. The number of ether oxygens (including phenoxy) is 1. The molecule has 0 bridgehead atoms. The number of fused-ring (bicyclic) bond motifs is 1. The number of dihydropyridines is 1. The van der Waals surface area contributed by atoms with E-state index in [9.17, 15) is 0 Å². The fourth-order valence-electron chi connectivity index (χ4n) is 4.69. The zero-order valence-corrected chi connectivity index (χ0v) is 19.1. The molecule has 5 nitrogen and oxygen atoms in total. The van der Waals surface area contributed by atoms with Crippen LogP contribution in [0.15, 0.2) is 33.8 Å². The zero-order chi connectivity index (χ0) is 19.2. The largest absolute Gasteiger partial charge is 0.469 e. The third kappa shape index (κ3) is 3.92. The van der Waals surface area contributed by atoms with Crippen molar-refractivity contribution in [2.24, 2.45) is 9.98 Å². The zero-order valence-electron chi connectivity index (χ0n) is 17.1. The van der Waals surface area contributed by atoms with Crippen molar-refractivity contribution in [3.63, 3.8) is 0 Å². The average Bonchev–Trinajstić information content (AvgIpc) is 3.14. The highest BCUT2D eigenvalue weighted by atomic mass is 28.1. The first-order valence-corrected chi connectivity index (χ1v) is 11.0. The van der Waals surface area contributed by atoms with Crippen molar-refractivity contribution in [3.8, 4) is 0 Å². The van der Waals surface area contributed by atoms with E-state index in [1.165, 1.54) is 34.2 Å². The smallest absolute Gasteiger partial charge is 0.183 e. The molecule has 0 aromatic carbocycles. The quantitative estimate of drug-likeness (QED) is 0.749. The fourth-order valence-corrected chi connectivity index (χ4v) is 5.73. The van der Waals surface area contributed by atoms with E-state index in [1.54, 1.807) is 0 Å². The number of aliphatic imine (C=N–C) groups is 2. The van der Waals surface area contributed by atoms with Crippen molar-refractivity contribution in [1.82, 2.24) is 9.88 Å². The molecule has 1 saturated heterocycles. The molecule has 0 radical (unpaired) electrons. The van der Waals surface area contributed by atoms with E-state index in [4.69, 9.17) is 4.74 Å². The van der Waals surface area contributed by atoms with E-state index in [-0.39, 0.29) is 12.3 Å². The second-order valence-electron chi connectivity index (χ2n) is 8.73. The summed E-state index contributed by atoms with van der Waals surface area (Å²) in [6, 6.07) is 4.89. The Kier molecular flexibility index (Phi) is 4.80. The molecular weight excluding hydrogens is 352 g/mol. The summed E-state index contributed by atoms with van der Waals surface area (Å²) in [6.45, 7) is 10.7. The van der Waals surface area contributed by atoms with Crippen molar-refractivity contribution in [1.29, 1.82) is 0 Å². The number of hydrogen-bond acceptors (Lipinski definition) is 5. The van der Waals surface area contributed by atoms with Crippen LogP contribution in [0.25, 0.3) is 0 Å². The second-order valence-corrected chi connectivity index (χ2v) is 10.9. The van der Waals surface area contributed by atoms with Gasteiger partial charge in [0.05, 0.1) is 0 Å². The summed E-state index contributed by atoms with van der Waals surface area (Å²) in [5, 5.41) is 0.437. The number of nitrogens with zero attached hydrogens (tertiary/aromatic N) is 4. The van der Waals surface area contributed by atoms with Crippen LogP contribution < -0.4 is 0 Å². The lowest BCUT2D eigenvalue weighted by Crippen LogP contribution is -2.36. The third-order valence-electron chi connectivity index (χ3n) is 6.04. The van der Waals surface area contributed by atoms with Gasteiger partial charge in [-0.15, -0.1) is 0 Å². The summed E-state index contributed by atoms with van der Waals surface area (Å²) < 4.78 is 5.79. The number of hydrogen-bond donors (Lipinski definition) is 0. The topological polar surface area (TPSA) is 50.1 Å². The minimum Gasteiger partial charge on any atom is -0.469 e. The molecule has 144 valence electrons. The highest BCUT2D eigenvalue weighted by Gasteiger charge is 2.38.